The van der Waals surface area contributed by atoms with Crippen molar-refractivity contribution in [3.8, 4) is 46.6 Å². The summed E-state index contributed by atoms with van der Waals surface area (Å²) >= 11 is 0. The first-order chi connectivity index (χ1) is 43.1. The molecule has 10 heterocycles. The van der Waals surface area contributed by atoms with Crippen molar-refractivity contribution in [1.29, 1.82) is 10.5 Å². The highest BCUT2D eigenvalue weighted by molar-refractivity contribution is 5.87. The van der Waals surface area contributed by atoms with E-state index in [1.807, 2.05) is 127 Å². The topological polar surface area (TPSA) is 276 Å². The molecule has 0 saturated heterocycles. The number of hydrogen-bond donors (Lipinski definition) is 3. The Morgan fingerprint density at radius 3 is 1.65 bits per heavy atom. The van der Waals surface area contributed by atoms with Gasteiger partial charge in [-0.3, -0.25) is 24.1 Å². The maximum atomic E-state index is 10.6. The lowest BCUT2D eigenvalue weighted by molar-refractivity contribution is 0.110. The number of nitrogens with one attached hydrogen (secondary N) is 1. The van der Waals surface area contributed by atoms with Crippen LogP contribution in [0.15, 0.2) is 237 Å². The van der Waals surface area contributed by atoms with E-state index < -0.39 is 0 Å². The number of carbonyl (C=O) groups excluding carboxylic acids is 1. The molecule has 20 nitrogen and oxygen atoms in total. The second-order valence-corrected chi connectivity index (χ2v) is 18.6. The molecule has 0 unspecified atom stereocenters. The lowest BCUT2D eigenvalue weighted by Gasteiger charge is -2.05. The highest BCUT2D eigenvalue weighted by Gasteiger charge is 2.18. The summed E-state index contributed by atoms with van der Waals surface area (Å²) < 4.78 is 40.8. The minimum atomic E-state index is 0.272. The van der Waals surface area contributed by atoms with E-state index in [2.05, 4.69) is 41.2 Å². The number of nitrogen functional groups attached to an aromatic ring is 1. The predicted molar refractivity (Wildman–Crippen MR) is 332 cm³/mol. The maximum absolute atomic E-state index is 10.6. The number of aromatic nitrogens is 6. The molecule has 14 aromatic rings. The number of nitriles is 2. The number of benzene rings is 4. The number of aldehydes is 1. The quantitative estimate of drug-likeness (QED) is 0.0757. The lowest BCUT2D eigenvalue weighted by atomic mass is 10.2. The SMILES string of the molecule is CNc1c(-c2cc3cc(OCc4cccnc4)ccc3o2)nc2cc(C#N)ccn12.N#Cc1ccnc(N)c1.O=Cc1cc2cc(OCc3cccnc3)ccc2o1.Oc1ccc2occc2c1.[C-]#[N+]C.c1cncc(COc2ccc3occc3c2)c1. The Bertz CT molecular complexity index is 4690. The third kappa shape index (κ3) is 16.3. The van der Waals surface area contributed by atoms with E-state index in [1.54, 1.807) is 98.2 Å². The van der Waals surface area contributed by atoms with Gasteiger partial charge in [-0.1, -0.05) is 18.2 Å². The zero-order valence-electron chi connectivity index (χ0n) is 47.3. The highest BCUT2D eigenvalue weighted by Crippen LogP contribution is 2.35. The first-order valence-corrected chi connectivity index (χ1v) is 26.8. The van der Waals surface area contributed by atoms with Crippen molar-refractivity contribution in [2.24, 2.45) is 0 Å². The fourth-order valence-corrected chi connectivity index (χ4v) is 8.40. The minimum absolute atomic E-state index is 0.272. The van der Waals surface area contributed by atoms with Gasteiger partial charge in [-0.25, -0.2) is 16.5 Å². The van der Waals surface area contributed by atoms with Crippen molar-refractivity contribution >= 4 is 67.4 Å². The lowest BCUT2D eigenvalue weighted by Crippen LogP contribution is -1.95. The summed E-state index contributed by atoms with van der Waals surface area (Å²) in [6, 6.07) is 51.6. The molecule has 88 heavy (non-hydrogen) atoms. The second-order valence-electron chi connectivity index (χ2n) is 18.6. The fourth-order valence-electron chi connectivity index (χ4n) is 8.40. The van der Waals surface area contributed by atoms with Crippen molar-refractivity contribution in [3.63, 3.8) is 0 Å². The predicted octanol–water partition coefficient (Wildman–Crippen LogP) is 14.5. The van der Waals surface area contributed by atoms with Crippen LogP contribution in [-0.4, -0.2) is 54.8 Å². The molecule has 0 spiro atoms. The van der Waals surface area contributed by atoms with E-state index in [0.29, 0.717) is 71.5 Å². The van der Waals surface area contributed by atoms with E-state index in [1.165, 1.54) is 19.3 Å². The van der Waals surface area contributed by atoms with E-state index in [4.69, 9.17) is 59.8 Å². The van der Waals surface area contributed by atoms with Crippen LogP contribution >= 0.6 is 0 Å². The van der Waals surface area contributed by atoms with Crippen LogP contribution in [0.2, 0.25) is 0 Å². The molecular formula is C68H53N11O9. The van der Waals surface area contributed by atoms with Crippen LogP contribution in [0.5, 0.6) is 23.0 Å². The Morgan fingerprint density at radius 1 is 0.625 bits per heavy atom. The van der Waals surface area contributed by atoms with Gasteiger partial charge in [0.05, 0.1) is 35.8 Å². The van der Waals surface area contributed by atoms with Crippen molar-refractivity contribution < 1.29 is 41.8 Å². The summed E-state index contributed by atoms with van der Waals surface area (Å²) in [4.78, 5) is 34.0. The molecular weight excluding hydrogens is 1110 g/mol. The molecule has 0 fully saturated rings. The monoisotopic (exact) mass is 1170 g/mol. The second kappa shape index (κ2) is 30.0. The number of fused-ring (bicyclic) bond motifs is 5. The van der Waals surface area contributed by atoms with Gasteiger partial charge < -0.3 is 52.9 Å². The number of carbonyl (C=O) groups is 1. The number of rotatable bonds is 12. The molecule has 0 bridgehead atoms. The summed E-state index contributed by atoms with van der Waals surface area (Å²) in [6.07, 6.45) is 17.9. The van der Waals surface area contributed by atoms with Crippen molar-refractivity contribution in [1.82, 2.24) is 29.3 Å². The number of imidazole rings is 1. The number of phenolic OH excluding ortho intramolecular Hbond substituents is 1. The summed E-state index contributed by atoms with van der Waals surface area (Å²) in [7, 11) is 3.25. The number of nitrogens with zero attached hydrogens (tertiary/aromatic N) is 9. The van der Waals surface area contributed by atoms with Gasteiger partial charge in [0.15, 0.2) is 17.8 Å². The van der Waals surface area contributed by atoms with Gasteiger partial charge in [0.1, 0.15) is 88.1 Å². The average Bonchev–Trinajstić information content (AvgIpc) is 4.00. The Labute approximate surface area is 503 Å². The molecule has 20 heteroatoms. The molecule has 0 aliphatic rings. The Kier molecular flexibility index (Phi) is 20.4. The number of furan rings is 4. The standard InChI is InChI=1S/C23H17N5O2.C15H11NO3.C14H11NO2.C8H6O2.C6H5N3.C2H3N/c1-25-23-22(27-21-9-15(12-24)6-8-28(21)23)20-11-17-10-18(4-5-19(17)30-20)29-14-16-3-2-7-26-13-16;17-9-14-7-12-6-13(3-4-15(12)19-14)18-10-11-2-1-5-16-8-11;1-2-11(9-15-6-1)10-17-13-3-4-14-12(8-13)5-7-16-14;9-7-1-2-8-6(5-7)3-4-10-8;7-4-5-1-2-9-6(8)3-5;1-3-2/h2-11,13,25H,14H2,1H3;1-9H,10H2;1-9H,10H2;1-5,9H;1-3H,(H2,8,9);1H3. The molecule has 10 aromatic heterocycles. The molecule has 4 N–H and O–H groups in total. The summed E-state index contributed by atoms with van der Waals surface area (Å²) in [5, 5.41) is 33.4. The van der Waals surface area contributed by atoms with Crippen LogP contribution in [0.3, 0.4) is 0 Å². The van der Waals surface area contributed by atoms with Gasteiger partial charge in [-0.2, -0.15) is 10.5 Å². The fraction of sp³-hybridized carbons (Fsp3) is 0.0735. The van der Waals surface area contributed by atoms with Crippen LogP contribution in [-0.2, 0) is 19.8 Å². The summed E-state index contributed by atoms with van der Waals surface area (Å²) in [6.45, 7) is 7.26. The molecule has 14 rings (SSSR count). The molecule has 434 valence electrons. The van der Waals surface area contributed by atoms with Gasteiger partial charge in [-0.15, -0.1) is 0 Å². The Hall–Kier alpha value is -12.7. The maximum Gasteiger partial charge on any atom is 0.205 e. The van der Waals surface area contributed by atoms with Crippen molar-refractivity contribution in [2.75, 3.05) is 25.1 Å². The number of pyridine rings is 5. The third-order valence-electron chi connectivity index (χ3n) is 12.5. The average molecular weight is 1170 g/mol. The van der Waals surface area contributed by atoms with Crippen molar-refractivity contribution in [3.05, 3.63) is 265 Å². The van der Waals surface area contributed by atoms with Crippen molar-refractivity contribution in [2.45, 2.75) is 19.8 Å². The Balaban J connectivity index is 0.000000138. The first-order valence-electron chi connectivity index (χ1n) is 26.8. The van der Waals surface area contributed by atoms with Crippen LogP contribution in [0.25, 0.3) is 65.8 Å². The van der Waals surface area contributed by atoms with Crippen LogP contribution in [0.4, 0.5) is 11.6 Å². The summed E-state index contributed by atoms with van der Waals surface area (Å²) in [5.74, 6) is 4.73. The highest BCUT2D eigenvalue weighted by atomic mass is 16.5. The minimum Gasteiger partial charge on any atom is -0.508 e. The zero-order valence-corrected chi connectivity index (χ0v) is 47.3. The number of anilines is 2. The normalized spacial score (nSPS) is 10.2. The number of hydrogen-bond acceptors (Lipinski definition) is 18. The smallest absolute Gasteiger partial charge is 0.205 e. The molecule has 4 aromatic carbocycles. The van der Waals surface area contributed by atoms with Gasteiger partial charge in [-0.05, 0) is 140 Å². The number of ether oxygens (including phenoxy) is 3. The number of phenols is 1. The van der Waals surface area contributed by atoms with E-state index in [9.17, 15) is 4.79 Å². The van der Waals surface area contributed by atoms with Gasteiger partial charge >= 0.3 is 0 Å². The van der Waals surface area contributed by atoms with E-state index in [-0.39, 0.29) is 5.75 Å². The van der Waals surface area contributed by atoms with Gasteiger partial charge in [0.2, 0.25) is 7.05 Å². The Morgan fingerprint density at radius 2 is 1.14 bits per heavy atom. The van der Waals surface area contributed by atoms with Gasteiger partial charge in [0.25, 0.3) is 0 Å². The summed E-state index contributed by atoms with van der Waals surface area (Å²) in [5.41, 5.74) is 13.9. The molecule has 0 saturated carbocycles. The molecule has 0 aliphatic heterocycles. The van der Waals surface area contributed by atoms with Gasteiger partial charge in [0, 0.05) is 94.9 Å². The molecule has 0 atom stereocenters. The van der Waals surface area contributed by atoms with Crippen LogP contribution < -0.4 is 25.3 Å². The molecule has 0 radical (unpaired) electrons. The largest absolute Gasteiger partial charge is 0.508 e. The number of nitrogens with two attached hydrogens (primary N) is 1. The molecule has 0 amide bonds. The molecule has 0 aliphatic carbocycles. The number of aromatic hydroxyl groups is 1. The first kappa shape index (κ1) is 59.9. The van der Waals surface area contributed by atoms with Crippen LogP contribution in [0.1, 0.15) is 38.4 Å². The van der Waals surface area contributed by atoms with E-state index in [0.717, 1.165) is 78.1 Å². The van der Waals surface area contributed by atoms with E-state index >= 15 is 0 Å². The zero-order chi connectivity index (χ0) is 61.5. The van der Waals surface area contributed by atoms with Crippen LogP contribution in [0, 0.1) is 29.2 Å². The third-order valence-corrected chi connectivity index (χ3v) is 12.5.